The van der Waals surface area contributed by atoms with Crippen LogP contribution in [0.25, 0.3) is 0 Å². The highest BCUT2D eigenvalue weighted by atomic mass is 79.9. The first-order valence-electron chi connectivity index (χ1n) is 5.49. The number of amides is 1. The standard InChI is InChI=1S/C12H15BrN2O/c1-2-7-5-8(13)6-9(12(7)14)10-3-4-11(16)15-10/h5-6,10H,2-4,14H2,1H3,(H,15,16). The number of nitrogens with one attached hydrogen (secondary N) is 1. The highest BCUT2D eigenvalue weighted by molar-refractivity contribution is 9.10. The van der Waals surface area contributed by atoms with Crippen molar-refractivity contribution < 1.29 is 4.79 Å². The number of benzene rings is 1. The first-order valence-corrected chi connectivity index (χ1v) is 6.28. The maximum absolute atomic E-state index is 11.2. The summed E-state index contributed by atoms with van der Waals surface area (Å²) < 4.78 is 1.02. The number of carbonyl (C=O) groups is 1. The molecule has 1 amide bonds. The van der Waals surface area contributed by atoms with Gasteiger partial charge in [0.05, 0.1) is 6.04 Å². The van der Waals surface area contributed by atoms with Crippen LogP contribution < -0.4 is 11.1 Å². The van der Waals surface area contributed by atoms with E-state index in [1.54, 1.807) is 0 Å². The number of rotatable bonds is 2. The van der Waals surface area contributed by atoms with Gasteiger partial charge in [0, 0.05) is 16.6 Å². The van der Waals surface area contributed by atoms with Crippen molar-refractivity contribution in [2.24, 2.45) is 0 Å². The minimum atomic E-state index is 0.0790. The second-order valence-corrected chi connectivity index (χ2v) is 5.00. The Bertz CT molecular complexity index is 431. The summed E-state index contributed by atoms with van der Waals surface area (Å²) in [6.07, 6.45) is 2.33. The summed E-state index contributed by atoms with van der Waals surface area (Å²) in [7, 11) is 0. The lowest BCUT2D eigenvalue weighted by atomic mass is 9.99. The molecular weight excluding hydrogens is 268 g/mol. The molecule has 0 bridgehead atoms. The van der Waals surface area contributed by atoms with Crippen LogP contribution in [0.4, 0.5) is 5.69 Å². The summed E-state index contributed by atoms with van der Waals surface area (Å²) >= 11 is 3.48. The Morgan fingerprint density at radius 3 is 2.88 bits per heavy atom. The van der Waals surface area contributed by atoms with Gasteiger partial charge in [-0.25, -0.2) is 0 Å². The third-order valence-corrected chi connectivity index (χ3v) is 3.47. The molecule has 1 aromatic carbocycles. The fourth-order valence-corrected chi connectivity index (χ4v) is 2.65. The number of nitrogens with two attached hydrogens (primary N) is 1. The van der Waals surface area contributed by atoms with Gasteiger partial charge in [-0.15, -0.1) is 0 Å². The van der Waals surface area contributed by atoms with Crippen LogP contribution in [0.1, 0.15) is 36.9 Å². The smallest absolute Gasteiger partial charge is 0.220 e. The first-order chi connectivity index (χ1) is 7.61. The number of anilines is 1. The van der Waals surface area contributed by atoms with Crippen LogP contribution in [-0.4, -0.2) is 5.91 Å². The van der Waals surface area contributed by atoms with Crippen molar-refractivity contribution in [2.75, 3.05) is 5.73 Å². The van der Waals surface area contributed by atoms with Crippen LogP contribution in [0.5, 0.6) is 0 Å². The van der Waals surface area contributed by atoms with Gasteiger partial charge in [0.15, 0.2) is 0 Å². The van der Waals surface area contributed by atoms with E-state index in [0.29, 0.717) is 6.42 Å². The van der Waals surface area contributed by atoms with Gasteiger partial charge in [0.25, 0.3) is 0 Å². The van der Waals surface area contributed by atoms with E-state index in [1.807, 2.05) is 12.1 Å². The van der Waals surface area contributed by atoms with Gasteiger partial charge in [0.2, 0.25) is 5.91 Å². The molecule has 1 unspecified atom stereocenters. The van der Waals surface area contributed by atoms with Crippen molar-refractivity contribution in [1.82, 2.24) is 5.32 Å². The zero-order chi connectivity index (χ0) is 11.7. The molecule has 0 radical (unpaired) electrons. The Hall–Kier alpha value is -1.03. The van der Waals surface area contributed by atoms with Crippen LogP contribution in [0.15, 0.2) is 16.6 Å². The van der Waals surface area contributed by atoms with Gasteiger partial charge in [-0.3, -0.25) is 4.79 Å². The summed E-state index contributed by atoms with van der Waals surface area (Å²) in [5.74, 6) is 0.113. The second-order valence-electron chi connectivity index (χ2n) is 4.08. The normalized spacial score (nSPS) is 19.9. The van der Waals surface area contributed by atoms with Gasteiger partial charge in [-0.2, -0.15) is 0 Å². The monoisotopic (exact) mass is 282 g/mol. The van der Waals surface area contributed by atoms with E-state index >= 15 is 0 Å². The number of nitrogen functional groups attached to an aromatic ring is 1. The molecule has 2 rings (SSSR count). The van der Waals surface area contributed by atoms with E-state index in [1.165, 1.54) is 0 Å². The maximum atomic E-state index is 11.2. The summed E-state index contributed by atoms with van der Waals surface area (Å²) in [5, 5.41) is 2.95. The lowest BCUT2D eigenvalue weighted by Gasteiger charge is -2.16. The molecule has 0 aliphatic carbocycles. The third-order valence-electron chi connectivity index (χ3n) is 3.01. The fourth-order valence-electron chi connectivity index (χ4n) is 2.13. The summed E-state index contributed by atoms with van der Waals surface area (Å²) in [5.41, 5.74) is 9.10. The van der Waals surface area contributed by atoms with Gasteiger partial charge in [0.1, 0.15) is 0 Å². The molecule has 3 nitrogen and oxygen atoms in total. The first kappa shape index (κ1) is 11.5. The maximum Gasteiger partial charge on any atom is 0.220 e. The number of hydrogen-bond acceptors (Lipinski definition) is 2. The molecule has 0 aromatic heterocycles. The molecule has 1 atom stereocenters. The molecule has 1 heterocycles. The van der Waals surface area contributed by atoms with Gasteiger partial charge in [-0.05, 0) is 36.1 Å². The Kier molecular flexibility index (Phi) is 3.19. The largest absolute Gasteiger partial charge is 0.398 e. The van der Waals surface area contributed by atoms with Crippen molar-refractivity contribution in [3.8, 4) is 0 Å². The Morgan fingerprint density at radius 1 is 1.56 bits per heavy atom. The minimum Gasteiger partial charge on any atom is -0.398 e. The van der Waals surface area contributed by atoms with Crippen LogP contribution in [0.3, 0.4) is 0 Å². The van der Waals surface area contributed by atoms with Crippen LogP contribution in [0, 0.1) is 0 Å². The van der Waals surface area contributed by atoms with E-state index in [0.717, 1.165) is 34.1 Å². The zero-order valence-corrected chi connectivity index (χ0v) is 10.8. The molecular formula is C12H15BrN2O. The predicted octanol–water partition coefficient (Wildman–Crippen LogP) is 2.54. The van der Waals surface area contributed by atoms with E-state index in [-0.39, 0.29) is 11.9 Å². The highest BCUT2D eigenvalue weighted by Crippen LogP contribution is 2.33. The minimum absolute atomic E-state index is 0.0790. The lowest BCUT2D eigenvalue weighted by molar-refractivity contribution is -0.119. The van der Waals surface area contributed by atoms with Crippen molar-refractivity contribution in [3.63, 3.8) is 0 Å². The Morgan fingerprint density at radius 2 is 2.31 bits per heavy atom. The number of carbonyl (C=O) groups excluding carboxylic acids is 1. The average molecular weight is 283 g/mol. The van der Waals surface area contributed by atoms with Crippen LogP contribution >= 0.6 is 15.9 Å². The predicted molar refractivity (Wildman–Crippen MR) is 68.1 cm³/mol. The summed E-state index contributed by atoms with van der Waals surface area (Å²) in [6.45, 7) is 2.08. The molecule has 0 saturated carbocycles. The van der Waals surface area contributed by atoms with E-state index in [9.17, 15) is 4.79 Å². The van der Waals surface area contributed by atoms with Crippen molar-refractivity contribution >= 4 is 27.5 Å². The van der Waals surface area contributed by atoms with Gasteiger partial charge in [-0.1, -0.05) is 22.9 Å². The molecule has 16 heavy (non-hydrogen) atoms. The SMILES string of the molecule is CCc1cc(Br)cc(C2CCC(=O)N2)c1N. The topological polar surface area (TPSA) is 55.1 Å². The second kappa shape index (κ2) is 4.45. The lowest BCUT2D eigenvalue weighted by Crippen LogP contribution is -2.19. The molecule has 1 saturated heterocycles. The Labute approximate surface area is 104 Å². The van der Waals surface area contributed by atoms with Crippen molar-refractivity contribution in [2.45, 2.75) is 32.2 Å². The van der Waals surface area contributed by atoms with Gasteiger partial charge >= 0.3 is 0 Å². The van der Waals surface area contributed by atoms with Crippen molar-refractivity contribution in [3.05, 3.63) is 27.7 Å². The van der Waals surface area contributed by atoms with E-state index in [2.05, 4.69) is 28.2 Å². The molecule has 3 N–H and O–H groups in total. The number of halogens is 1. The molecule has 4 heteroatoms. The Balaban J connectivity index is 2.40. The fraction of sp³-hybridized carbons (Fsp3) is 0.417. The summed E-state index contributed by atoms with van der Waals surface area (Å²) in [4.78, 5) is 11.2. The third kappa shape index (κ3) is 2.07. The molecule has 1 fully saturated rings. The molecule has 86 valence electrons. The number of aryl methyl sites for hydroxylation is 1. The zero-order valence-electron chi connectivity index (χ0n) is 9.22. The molecule has 1 aromatic rings. The highest BCUT2D eigenvalue weighted by Gasteiger charge is 2.24. The average Bonchev–Trinajstić information content (AvgIpc) is 2.67. The van der Waals surface area contributed by atoms with E-state index < -0.39 is 0 Å². The van der Waals surface area contributed by atoms with E-state index in [4.69, 9.17) is 5.73 Å². The van der Waals surface area contributed by atoms with Crippen LogP contribution in [0.2, 0.25) is 0 Å². The molecule has 1 aliphatic heterocycles. The van der Waals surface area contributed by atoms with Gasteiger partial charge < -0.3 is 11.1 Å². The molecule has 1 aliphatic rings. The van der Waals surface area contributed by atoms with Crippen molar-refractivity contribution in [1.29, 1.82) is 0 Å². The van der Waals surface area contributed by atoms with Crippen LogP contribution in [-0.2, 0) is 11.2 Å². The quantitative estimate of drug-likeness (QED) is 0.819. The number of hydrogen-bond donors (Lipinski definition) is 2. The summed E-state index contributed by atoms with van der Waals surface area (Å²) in [6, 6.07) is 4.12. The molecule has 0 spiro atoms.